The summed E-state index contributed by atoms with van der Waals surface area (Å²) in [7, 11) is 2.05. The molecule has 0 spiro atoms. The number of thiophene rings is 1. The highest BCUT2D eigenvalue weighted by molar-refractivity contribution is 7.99. The van der Waals surface area contributed by atoms with Crippen molar-refractivity contribution in [3.05, 3.63) is 52.2 Å². The minimum absolute atomic E-state index is 0.533. The maximum absolute atomic E-state index is 3.41. The van der Waals surface area contributed by atoms with Crippen LogP contribution in [0.4, 0.5) is 0 Å². The number of aryl methyl sites for hydroxylation is 1. The van der Waals surface area contributed by atoms with E-state index < -0.39 is 0 Å². The molecule has 0 aliphatic rings. The number of hydrogen-bond donors (Lipinski definition) is 1. The van der Waals surface area contributed by atoms with Gasteiger partial charge in [0.15, 0.2) is 0 Å². The Morgan fingerprint density at radius 1 is 1.33 bits per heavy atom. The van der Waals surface area contributed by atoms with E-state index in [0.717, 1.165) is 12.2 Å². The lowest BCUT2D eigenvalue weighted by molar-refractivity contribution is 0.618. The predicted molar refractivity (Wildman–Crippen MR) is 82.8 cm³/mol. The van der Waals surface area contributed by atoms with Crippen LogP contribution in [0.3, 0.4) is 0 Å². The molecule has 1 aromatic heterocycles. The Labute approximate surface area is 118 Å². The molecule has 1 atom stereocenters. The van der Waals surface area contributed by atoms with E-state index in [4.69, 9.17) is 0 Å². The Hall–Kier alpha value is -0.770. The van der Waals surface area contributed by atoms with Gasteiger partial charge in [0.2, 0.25) is 0 Å². The molecule has 0 aliphatic carbocycles. The highest BCUT2D eigenvalue weighted by Crippen LogP contribution is 2.21. The quantitative estimate of drug-likeness (QED) is 0.802. The fourth-order valence-corrected chi connectivity index (χ4v) is 3.64. The molecule has 96 valence electrons. The minimum Gasteiger partial charge on any atom is -0.316 e. The zero-order valence-electron chi connectivity index (χ0n) is 10.8. The van der Waals surface area contributed by atoms with Gasteiger partial charge in [-0.3, -0.25) is 0 Å². The zero-order chi connectivity index (χ0) is 12.8. The lowest BCUT2D eigenvalue weighted by Crippen LogP contribution is -2.29. The molecule has 1 N–H and O–H groups in total. The summed E-state index contributed by atoms with van der Waals surface area (Å²) in [5.74, 6) is 1.11. The number of thioether (sulfide) groups is 1. The lowest BCUT2D eigenvalue weighted by Gasteiger charge is -2.15. The zero-order valence-corrected chi connectivity index (χ0v) is 12.5. The van der Waals surface area contributed by atoms with Crippen molar-refractivity contribution in [1.29, 1.82) is 0 Å². The van der Waals surface area contributed by atoms with Gasteiger partial charge in [0, 0.05) is 16.7 Å². The van der Waals surface area contributed by atoms with Crippen molar-refractivity contribution >= 4 is 23.1 Å². The second-order valence-electron chi connectivity index (χ2n) is 4.45. The first-order valence-corrected chi connectivity index (χ1v) is 8.08. The third-order valence-corrected chi connectivity index (χ3v) is 4.80. The average Bonchev–Trinajstić information content (AvgIpc) is 2.87. The van der Waals surface area contributed by atoms with Crippen LogP contribution in [0.2, 0.25) is 0 Å². The fourth-order valence-electron chi connectivity index (χ4n) is 1.84. The van der Waals surface area contributed by atoms with Crippen LogP contribution in [0, 0.1) is 6.92 Å². The Balaban J connectivity index is 1.87. The second kappa shape index (κ2) is 6.98. The Morgan fingerprint density at radius 2 is 2.22 bits per heavy atom. The Bertz CT molecular complexity index is 465. The topological polar surface area (TPSA) is 12.0 Å². The standard InChI is InChI=1S/C15H19NS2/c1-12-4-3-5-15(8-12)18-11-14(16-2)9-13-6-7-17-10-13/h3-8,10,14,16H,9,11H2,1-2H3. The first-order valence-electron chi connectivity index (χ1n) is 6.15. The van der Waals surface area contributed by atoms with Crippen molar-refractivity contribution in [2.45, 2.75) is 24.3 Å². The molecule has 0 aliphatic heterocycles. The maximum Gasteiger partial charge on any atom is 0.0199 e. The number of benzene rings is 1. The molecule has 0 fully saturated rings. The molecular formula is C15H19NS2. The lowest BCUT2D eigenvalue weighted by atomic mass is 10.1. The van der Waals surface area contributed by atoms with E-state index in [-0.39, 0.29) is 0 Å². The summed E-state index contributed by atoms with van der Waals surface area (Å²) in [5, 5.41) is 7.80. The van der Waals surface area contributed by atoms with Crippen LogP contribution >= 0.6 is 23.1 Å². The van der Waals surface area contributed by atoms with Crippen LogP contribution in [0.15, 0.2) is 46.0 Å². The van der Waals surface area contributed by atoms with Crippen molar-refractivity contribution in [2.24, 2.45) is 0 Å². The normalized spacial score (nSPS) is 12.6. The average molecular weight is 277 g/mol. The molecule has 0 amide bonds. The van der Waals surface area contributed by atoms with E-state index in [2.05, 4.69) is 53.3 Å². The van der Waals surface area contributed by atoms with Crippen LogP contribution in [-0.4, -0.2) is 18.8 Å². The molecule has 1 nitrogen and oxygen atoms in total. The molecule has 2 aromatic rings. The molecule has 1 unspecified atom stereocenters. The molecule has 0 saturated carbocycles. The van der Waals surface area contributed by atoms with Gasteiger partial charge in [-0.1, -0.05) is 17.7 Å². The Kier molecular flexibility index (Phi) is 5.29. The predicted octanol–water partition coefficient (Wildman–Crippen LogP) is 3.98. The van der Waals surface area contributed by atoms with Gasteiger partial charge in [-0.05, 0) is 54.9 Å². The first-order chi connectivity index (χ1) is 8.78. The van der Waals surface area contributed by atoms with Crippen LogP contribution in [0.1, 0.15) is 11.1 Å². The molecule has 2 rings (SSSR count). The molecule has 0 bridgehead atoms. The SMILES string of the molecule is CNC(CSc1cccc(C)c1)Cc1ccsc1. The highest BCUT2D eigenvalue weighted by Gasteiger charge is 2.08. The third kappa shape index (κ3) is 4.16. The molecule has 0 radical (unpaired) electrons. The van der Waals surface area contributed by atoms with Gasteiger partial charge in [0.25, 0.3) is 0 Å². The summed E-state index contributed by atoms with van der Waals surface area (Å²) in [6.45, 7) is 2.14. The summed E-state index contributed by atoms with van der Waals surface area (Å²) in [4.78, 5) is 1.36. The van der Waals surface area contributed by atoms with Crippen molar-refractivity contribution < 1.29 is 0 Å². The summed E-state index contributed by atoms with van der Waals surface area (Å²) in [6.07, 6.45) is 1.11. The number of nitrogens with one attached hydrogen (secondary N) is 1. The number of hydrogen-bond acceptors (Lipinski definition) is 3. The van der Waals surface area contributed by atoms with E-state index in [9.17, 15) is 0 Å². The van der Waals surface area contributed by atoms with Gasteiger partial charge in [0.1, 0.15) is 0 Å². The van der Waals surface area contributed by atoms with E-state index in [0.29, 0.717) is 6.04 Å². The molecule has 1 heterocycles. The molecule has 18 heavy (non-hydrogen) atoms. The maximum atomic E-state index is 3.41. The van der Waals surface area contributed by atoms with Gasteiger partial charge >= 0.3 is 0 Å². The van der Waals surface area contributed by atoms with Crippen molar-refractivity contribution in [1.82, 2.24) is 5.32 Å². The Morgan fingerprint density at radius 3 is 2.89 bits per heavy atom. The highest BCUT2D eigenvalue weighted by atomic mass is 32.2. The summed E-state index contributed by atoms with van der Waals surface area (Å²) < 4.78 is 0. The summed E-state index contributed by atoms with van der Waals surface area (Å²) >= 11 is 3.70. The van der Waals surface area contributed by atoms with Gasteiger partial charge in [-0.25, -0.2) is 0 Å². The van der Waals surface area contributed by atoms with Gasteiger partial charge < -0.3 is 5.32 Å². The van der Waals surface area contributed by atoms with Crippen molar-refractivity contribution in [3.8, 4) is 0 Å². The first kappa shape index (κ1) is 13.7. The van der Waals surface area contributed by atoms with Gasteiger partial charge in [-0.2, -0.15) is 11.3 Å². The number of rotatable bonds is 6. The smallest absolute Gasteiger partial charge is 0.0199 e. The largest absolute Gasteiger partial charge is 0.316 e. The van der Waals surface area contributed by atoms with E-state index >= 15 is 0 Å². The monoisotopic (exact) mass is 277 g/mol. The van der Waals surface area contributed by atoms with Gasteiger partial charge in [0.05, 0.1) is 0 Å². The molecule has 0 saturated heterocycles. The third-order valence-electron chi connectivity index (χ3n) is 2.91. The van der Waals surface area contributed by atoms with Crippen LogP contribution in [0.25, 0.3) is 0 Å². The second-order valence-corrected chi connectivity index (χ2v) is 6.32. The van der Waals surface area contributed by atoms with Crippen LogP contribution < -0.4 is 5.32 Å². The minimum atomic E-state index is 0.533. The van der Waals surface area contributed by atoms with E-state index in [1.807, 2.05) is 18.8 Å². The van der Waals surface area contributed by atoms with Crippen LogP contribution in [0.5, 0.6) is 0 Å². The summed E-state index contributed by atoms with van der Waals surface area (Å²) in [6, 6.07) is 11.5. The van der Waals surface area contributed by atoms with Crippen molar-refractivity contribution in [2.75, 3.05) is 12.8 Å². The fraction of sp³-hybridized carbons (Fsp3) is 0.333. The van der Waals surface area contributed by atoms with Crippen molar-refractivity contribution in [3.63, 3.8) is 0 Å². The molecular weight excluding hydrogens is 258 g/mol. The van der Waals surface area contributed by atoms with Gasteiger partial charge in [-0.15, -0.1) is 11.8 Å². The molecule has 1 aromatic carbocycles. The van der Waals surface area contributed by atoms with E-state index in [1.165, 1.54) is 16.0 Å². The van der Waals surface area contributed by atoms with E-state index in [1.54, 1.807) is 11.3 Å². The van der Waals surface area contributed by atoms with Crippen LogP contribution in [-0.2, 0) is 6.42 Å². The molecule has 3 heteroatoms. The summed E-state index contributed by atoms with van der Waals surface area (Å²) in [5.41, 5.74) is 2.77. The number of likely N-dealkylation sites (N-methyl/N-ethyl adjacent to an activating group) is 1.